The molecule has 4 rings (SSSR count). The number of ether oxygens (including phenoxy) is 2. The van der Waals surface area contributed by atoms with Crippen LogP contribution in [0.4, 0.5) is 0 Å². The fraction of sp³-hybridized carbons (Fsp3) is 0.407. The molecule has 1 aliphatic rings. The molecule has 5 nitrogen and oxygen atoms in total. The zero-order valence-electron chi connectivity index (χ0n) is 19.5. The minimum atomic E-state index is 0.228. The van der Waals surface area contributed by atoms with Gasteiger partial charge in [-0.05, 0) is 55.4 Å². The summed E-state index contributed by atoms with van der Waals surface area (Å²) in [7, 11) is 3.26. The quantitative estimate of drug-likeness (QED) is 0.432. The molecule has 0 spiro atoms. The molecule has 3 aromatic rings. The molecule has 2 heterocycles. The van der Waals surface area contributed by atoms with E-state index in [1.807, 2.05) is 23.1 Å². The summed E-state index contributed by atoms with van der Waals surface area (Å²) in [6.45, 7) is 1.63. The maximum atomic E-state index is 12.8. The number of carbonyl (C=O) groups is 1. The van der Waals surface area contributed by atoms with E-state index in [1.165, 1.54) is 16.3 Å². The van der Waals surface area contributed by atoms with Gasteiger partial charge in [0, 0.05) is 30.8 Å². The average Bonchev–Trinajstić information content (AvgIpc) is 3.35. The molecule has 0 saturated carbocycles. The Morgan fingerprint density at radius 1 is 0.970 bits per heavy atom. The molecular weight excluding hydrogens is 432 g/mol. The highest BCUT2D eigenvalue weighted by Crippen LogP contribution is 2.31. The first-order valence-electron chi connectivity index (χ1n) is 11.6. The van der Waals surface area contributed by atoms with Crippen LogP contribution in [0.15, 0.2) is 53.9 Å². The number of thiazole rings is 1. The average molecular weight is 465 g/mol. The predicted octanol–water partition coefficient (Wildman–Crippen LogP) is 5.28. The molecule has 1 aliphatic heterocycles. The third-order valence-electron chi connectivity index (χ3n) is 6.35. The van der Waals surface area contributed by atoms with E-state index < -0.39 is 0 Å². The molecule has 1 fully saturated rings. The molecule has 0 bridgehead atoms. The molecule has 1 aromatic heterocycles. The fourth-order valence-corrected chi connectivity index (χ4v) is 5.39. The van der Waals surface area contributed by atoms with Gasteiger partial charge in [0.1, 0.15) is 0 Å². The Labute approximate surface area is 200 Å². The lowest BCUT2D eigenvalue weighted by Crippen LogP contribution is -2.38. The molecule has 0 unspecified atom stereocenters. The largest absolute Gasteiger partial charge is 0.493 e. The molecule has 6 heteroatoms. The second kappa shape index (κ2) is 11.3. The van der Waals surface area contributed by atoms with E-state index >= 15 is 0 Å². The van der Waals surface area contributed by atoms with E-state index in [2.05, 4.69) is 35.7 Å². The molecule has 33 heavy (non-hydrogen) atoms. The van der Waals surface area contributed by atoms with Gasteiger partial charge >= 0.3 is 0 Å². The SMILES string of the molecule is COc1ccc(CCC(=O)N2CCC(c3nc(CCc4ccccc4)cs3)CC2)cc1OC. The number of aromatic nitrogens is 1. The van der Waals surface area contributed by atoms with Crippen LogP contribution in [0.3, 0.4) is 0 Å². The highest BCUT2D eigenvalue weighted by molar-refractivity contribution is 7.09. The number of likely N-dealkylation sites (tertiary alicyclic amines) is 1. The van der Waals surface area contributed by atoms with Gasteiger partial charge in [0.2, 0.25) is 5.91 Å². The van der Waals surface area contributed by atoms with Crippen molar-refractivity contribution in [3.05, 3.63) is 75.7 Å². The van der Waals surface area contributed by atoms with Crippen LogP contribution in [-0.4, -0.2) is 43.1 Å². The van der Waals surface area contributed by atoms with Gasteiger partial charge in [-0.1, -0.05) is 36.4 Å². The second-order valence-electron chi connectivity index (χ2n) is 8.51. The van der Waals surface area contributed by atoms with Crippen LogP contribution < -0.4 is 9.47 Å². The summed E-state index contributed by atoms with van der Waals surface area (Å²) in [4.78, 5) is 19.7. The van der Waals surface area contributed by atoms with Crippen molar-refractivity contribution in [3.63, 3.8) is 0 Å². The number of amides is 1. The third-order valence-corrected chi connectivity index (χ3v) is 7.41. The Hall–Kier alpha value is -2.86. The highest BCUT2D eigenvalue weighted by atomic mass is 32.1. The van der Waals surface area contributed by atoms with E-state index in [1.54, 1.807) is 25.6 Å². The standard InChI is InChI=1S/C27H32N2O3S/c1-31-24-12-9-21(18-25(24)32-2)10-13-26(30)29-16-14-22(15-17-29)27-28-23(19-33-27)11-8-20-6-4-3-5-7-20/h3-7,9,12,18-19,22H,8,10-11,13-17H2,1-2H3. The topological polar surface area (TPSA) is 51.7 Å². The van der Waals surface area contributed by atoms with Crippen LogP contribution in [-0.2, 0) is 24.1 Å². The lowest BCUT2D eigenvalue weighted by molar-refractivity contribution is -0.132. The van der Waals surface area contributed by atoms with Gasteiger partial charge in [-0.25, -0.2) is 4.98 Å². The van der Waals surface area contributed by atoms with Crippen molar-refractivity contribution in [1.29, 1.82) is 0 Å². The Morgan fingerprint density at radius 3 is 2.45 bits per heavy atom. The van der Waals surface area contributed by atoms with Crippen molar-refractivity contribution >= 4 is 17.2 Å². The zero-order valence-corrected chi connectivity index (χ0v) is 20.3. The van der Waals surface area contributed by atoms with Crippen molar-refractivity contribution < 1.29 is 14.3 Å². The summed E-state index contributed by atoms with van der Waals surface area (Å²) < 4.78 is 10.7. The van der Waals surface area contributed by atoms with E-state index in [4.69, 9.17) is 14.5 Å². The molecule has 1 saturated heterocycles. The number of methoxy groups -OCH3 is 2. The lowest BCUT2D eigenvalue weighted by Gasteiger charge is -2.31. The fourth-order valence-electron chi connectivity index (χ4n) is 4.36. The Morgan fingerprint density at radius 2 is 1.73 bits per heavy atom. The van der Waals surface area contributed by atoms with Crippen LogP contribution in [0.5, 0.6) is 11.5 Å². The first kappa shape index (κ1) is 23.3. The number of carbonyl (C=O) groups excluding carboxylic acids is 1. The van der Waals surface area contributed by atoms with Crippen molar-refractivity contribution in [2.75, 3.05) is 27.3 Å². The van der Waals surface area contributed by atoms with Gasteiger partial charge < -0.3 is 14.4 Å². The third kappa shape index (κ3) is 6.14. The minimum absolute atomic E-state index is 0.228. The maximum absolute atomic E-state index is 12.8. The highest BCUT2D eigenvalue weighted by Gasteiger charge is 2.25. The first-order valence-corrected chi connectivity index (χ1v) is 12.5. The summed E-state index contributed by atoms with van der Waals surface area (Å²) in [5.41, 5.74) is 3.63. The van der Waals surface area contributed by atoms with E-state index in [0.717, 1.165) is 44.3 Å². The molecular formula is C27H32N2O3S. The Balaban J connectivity index is 1.23. The van der Waals surface area contributed by atoms with Crippen LogP contribution >= 0.6 is 11.3 Å². The number of hydrogen-bond acceptors (Lipinski definition) is 5. The number of nitrogens with zero attached hydrogens (tertiary/aromatic N) is 2. The number of aryl methyl sites for hydroxylation is 3. The first-order chi connectivity index (χ1) is 16.2. The number of hydrogen-bond donors (Lipinski definition) is 0. The van der Waals surface area contributed by atoms with Crippen LogP contribution in [0.1, 0.15) is 47.0 Å². The normalized spacial score (nSPS) is 14.3. The number of rotatable bonds is 9. The molecule has 0 radical (unpaired) electrons. The predicted molar refractivity (Wildman–Crippen MR) is 132 cm³/mol. The van der Waals surface area contributed by atoms with E-state index in [9.17, 15) is 4.79 Å². The van der Waals surface area contributed by atoms with Gasteiger partial charge in [-0.15, -0.1) is 11.3 Å². The lowest BCUT2D eigenvalue weighted by atomic mass is 9.97. The summed E-state index contributed by atoms with van der Waals surface area (Å²) in [6, 6.07) is 16.4. The molecule has 174 valence electrons. The summed E-state index contributed by atoms with van der Waals surface area (Å²) >= 11 is 1.78. The molecule has 2 aromatic carbocycles. The van der Waals surface area contributed by atoms with Gasteiger partial charge in [0.15, 0.2) is 11.5 Å². The van der Waals surface area contributed by atoms with Gasteiger partial charge in [0.05, 0.1) is 24.9 Å². The molecule has 0 N–H and O–H groups in total. The summed E-state index contributed by atoms with van der Waals surface area (Å²) in [5.74, 6) is 2.11. The second-order valence-corrected chi connectivity index (χ2v) is 9.40. The Kier molecular flexibility index (Phi) is 8.00. The maximum Gasteiger partial charge on any atom is 0.222 e. The Bertz CT molecular complexity index is 1040. The van der Waals surface area contributed by atoms with Gasteiger partial charge in [0.25, 0.3) is 0 Å². The van der Waals surface area contributed by atoms with Crippen molar-refractivity contribution in [1.82, 2.24) is 9.88 Å². The van der Waals surface area contributed by atoms with E-state index in [0.29, 0.717) is 30.3 Å². The number of piperidine rings is 1. The van der Waals surface area contributed by atoms with Crippen molar-refractivity contribution in [2.24, 2.45) is 0 Å². The van der Waals surface area contributed by atoms with Crippen LogP contribution in [0.25, 0.3) is 0 Å². The van der Waals surface area contributed by atoms with Crippen LogP contribution in [0.2, 0.25) is 0 Å². The molecule has 1 amide bonds. The molecule has 0 aliphatic carbocycles. The van der Waals surface area contributed by atoms with Gasteiger partial charge in [-0.3, -0.25) is 4.79 Å². The monoisotopic (exact) mass is 464 g/mol. The minimum Gasteiger partial charge on any atom is -0.493 e. The van der Waals surface area contributed by atoms with Crippen molar-refractivity contribution in [3.8, 4) is 11.5 Å². The van der Waals surface area contributed by atoms with E-state index in [-0.39, 0.29) is 5.91 Å². The van der Waals surface area contributed by atoms with Gasteiger partial charge in [-0.2, -0.15) is 0 Å². The van der Waals surface area contributed by atoms with Crippen molar-refractivity contribution in [2.45, 2.75) is 44.4 Å². The van der Waals surface area contributed by atoms with Crippen LogP contribution in [0, 0.1) is 0 Å². The number of benzene rings is 2. The summed E-state index contributed by atoms with van der Waals surface area (Å²) in [6.07, 6.45) is 5.21. The molecule has 0 atom stereocenters. The smallest absolute Gasteiger partial charge is 0.222 e. The zero-order chi connectivity index (χ0) is 23.0. The summed E-state index contributed by atoms with van der Waals surface area (Å²) in [5, 5.41) is 3.44.